The molecule has 0 fully saturated rings. The van der Waals surface area contributed by atoms with Gasteiger partial charge < -0.3 is 5.32 Å². The Balaban J connectivity index is 1.66. The summed E-state index contributed by atoms with van der Waals surface area (Å²) in [4.78, 5) is 12.4. The molecule has 150 valence electrons. The van der Waals surface area contributed by atoms with Crippen molar-refractivity contribution in [2.24, 2.45) is 0 Å². The molecule has 5 nitrogen and oxygen atoms in total. The molecule has 0 saturated carbocycles. The summed E-state index contributed by atoms with van der Waals surface area (Å²) in [6.45, 7) is 0.425. The lowest BCUT2D eigenvalue weighted by atomic mass is 10.2. The van der Waals surface area contributed by atoms with Crippen molar-refractivity contribution in [3.8, 4) is 0 Å². The van der Waals surface area contributed by atoms with Gasteiger partial charge in [0.05, 0.1) is 4.90 Å². The normalized spacial score (nSPS) is 11.2. The lowest BCUT2D eigenvalue weighted by molar-refractivity contribution is 0.0950. The summed E-state index contributed by atoms with van der Waals surface area (Å²) >= 11 is 11.7. The maximum absolute atomic E-state index is 12.6. The summed E-state index contributed by atoms with van der Waals surface area (Å²) in [5.74, 6) is -0.366. The molecule has 0 aliphatic carbocycles. The molecule has 3 rings (SSSR count). The highest BCUT2D eigenvalue weighted by atomic mass is 35.5. The van der Waals surface area contributed by atoms with Crippen LogP contribution in [-0.4, -0.2) is 14.3 Å². The van der Waals surface area contributed by atoms with Crippen LogP contribution in [0, 0.1) is 0 Å². The molecule has 0 bridgehead atoms. The van der Waals surface area contributed by atoms with Gasteiger partial charge in [-0.25, -0.2) is 13.1 Å². The molecule has 0 heterocycles. The van der Waals surface area contributed by atoms with E-state index in [4.69, 9.17) is 23.2 Å². The smallest absolute Gasteiger partial charge is 0.251 e. The number of halogens is 2. The number of amides is 1. The highest BCUT2D eigenvalue weighted by molar-refractivity contribution is 7.89. The van der Waals surface area contributed by atoms with Crippen molar-refractivity contribution in [2.45, 2.75) is 18.0 Å². The molecule has 8 heteroatoms. The van der Waals surface area contributed by atoms with Gasteiger partial charge >= 0.3 is 0 Å². The Morgan fingerprint density at radius 1 is 0.793 bits per heavy atom. The van der Waals surface area contributed by atoms with E-state index in [-0.39, 0.29) is 22.9 Å². The number of sulfonamides is 1. The quantitative estimate of drug-likeness (QED) is 0.562. The van der Waals surface area contributed by atoms with Crippen LogP contribution >= 0.6 is 23.2 Å². The predicted molar refractivity (Wildman–Crippen MR) is 115 cm³/mol. The number of hydrogen-bond donors (Lipinski definition) is 2. The maximum atomic E-state index is 12.6. The molecule has 29 heavy (non-hydrogen) atoms. The Kier molecular flexibility index (Phi) is 6.92. The Labute approximate surface area is 179 Å². The lowest BCUT2D eigenvalue weighted by Gasteiger charge is -2.09. The third kappa shape index (κ3) is 6.05. The van der Waals surface area contributed by atoms with Gasteiger partial charge in [-0.1, -0.05) is 53.5 Å². The number of carbonyl (C=O) groups excluding carboxylic acids is 1. The van der Waals surface area contributed by atoms with Crippen LogP contribution < -0.4 is 10.0 Å². The Morgan fingerprint density at radius 2 is 1.34 bits per heavy atom. The maximum Gasteiger partial charge on any atom is 0.251 e. The molecule has 0 atom stereocenters. The molecule has 0 radical (unpaired) electrons. The fourth-order valence-electron chi connectivity index (χ4n) is 2.56. The Bertz CT molecular complexity index is 1100. The van der Waals surface area contributed by atoms with Crippen LogP contribution in [0.5, 0.6) is 0 Å². The summed E-state index contributed by atoms with van der Waals surface area (Å²) < 4.78 is 27.7. The van der Waals surface area contributed by atoms with Gasteiger partial charge in [-0.15, -0.1) is 0 Å². The summed E-state index contributed by atoms with van der Waals surface area (Å²) in [5.41, 5.74) is 1.92. The van der Waals surface area contributed by atoms with Crippen LogP contribution in [0.2, 0.25) is 10.0 Å². The minimum absolute atomic E-state index is 0.0191. The zero-order chi connectivity index (χ0) is 20.9. The molecule has 0 aromatic heterocycles. The Morgan fingerprint density at radius 3 is 1.93 bits per heavy atom. The zero-order valence-electron chi connectivity index (χ0n) is 15.2. The molecule has 0 aliphatic rings. The number of hydrogen-bond acceptors (Lipinski definition) is 3. The van der Waals surface area contributed by atoms with E-state index >= 15 is 0 Å². The predicted octanol–water partition coefficient (Wildman–Crippen LogP) is 4.40. The van der Waals surface area contributed by atoms with Crippen LogP contribution in [0.15, 0.2) is 77.7 Å². The van der Waals surface area contributed by atoms with Crippen LogP contribution in [0.1, 0.15) is 21.5 Å². The van der Waals surface area contributed by atoms with Gasteiger partial charge in [0.1, 0.15) is 0 Å². The zero-order valence-corrected chi connectivity index (χ0v) is 17.6. The largest absolute Gasteiger partial charge is 0.348 e. The molecule has 0 spiro atoms. The van der Waals surface area contributed by atoms with E-state index in [1.165, 1.54) is 18.2 Å². The standard InChI is InChI=1S/C21H18Cl2N2O3S/c22-18-8-4-15(5-9-18)13-24-21(26)17-2-1-3-20(12-17)29(27,28)25-14-16-6-10-19(23)11-7-16/h1-12,25H,13-14H2,(H,24,26). The number of rotatable bonds is 7. The molecule has 1 amide bonds. The van der Waals surface area contributed by atoms with Gasteiger partial charge in [0.2, 0.25) is 10.0 Å². The van der Waals surface area contributed by atoms with Crippen LogP contribution in [0.3, 0.4) is 0 Å². The summed E-state index contributed by atoms with van der Waals surface area (Å²) in [7, 11) is -3.77. The van der Waals surface area contributed by atoms with Gasteiger partial charge in [-0.05, 0) is 53.6 Å². The van der Waals surface area contributed by atoms with Gasteiger partial charge in [0.25, 0.3) is 5.91 Å². The molecule has 2 N–H and O–H groups in total. The average molecular weight is 449 g/mol. The summed E-state index contributed by atoms with van der Waals surface area (Å²) in [5, 5.41) is 3.96. The van der Waals surface area contributed by atoms with Crippen molar-refractivity contribution in [1.82, 2.24) is 10.0 Å². The van der Waals surface area contributed by atoms with E-state index in [9.17, 15) is 13.2 Å². The van der Waals surface area contributed by atoms with Crippen molar-refractivity contribution in [2.75, 3.05) is 0 Å². The van der Waals surface area contributed by atoms with Crippen molar-refractivity contribution in [1.29, 1.82) is 0 Å². The molecular weight excluding hydrogens is 431 g/mol. The van der Waals surface area contributed by atoms with E-state index in [0.717, 1.165) is 11.1 Å². The molecular formula is C21H18Cl2N2O3S. The lowest BCUT2D eigenvalue weighted by Crippen LogP contribution is -2.25. The van der Waals surface area contributed by atoms with E-state index < -0.39 is 10.0 Å². The molecule has 3 aromatic rings. The molecule has 3 aromatic carbocycles. The summed E-state index contributed by atoms with van der Waals surface area (Å²) in [6.07, 6.45) is 0. The highest BCUT2D eigenvalue weighted by Gasteiger charge is 2.16. The van der Waals surface area contributed by atoms with E-state index in [1.54, 1.807) is 42.5 Å². The average Bonchev–Trinajstić information content (AvgIpc) is 2.73. The fraction of sp³-hybridized carbons (Fsp3) is 0.0952. The van der Waals surface area contributed by atoms with Crippen molar-refractivity contribution >= 4 is 39.1 Å². The number of nitrogens with one attached hydrogen (secondary N) is 2. The van der Waals surface area contributed by atoms with Gasteiger partial charge in [0.15, 0.2) is 0 Å². The first-order valence-electron chi connectivity index (χ1n) is 8.70. The minimum Gasteiger partial charge on any atom is -0.348 e. The fourth-order valence-corrected chi connectivity index (χ4v) is 3.87. The second kappa shape index (κ2) is 9.41. The first-order valence-corrected chi connectivity index (χ1v) is 10.9. The van der Waals surface area contributed by atoms with Gasteiger partial charge in [-0.3, -0.25) is 4.79 Å². The highest BCUT2D eigenvalue weighted by Crippen LogP contribution is 2.14. The number of benzene rings is 3. The monoisotopic (exact) mass is 448 g/mol. The van der Waals surface area contributed by atoms with Gasteiger partial charge in [-0.2, -0.15) is 0 Å². The van der Waals surface area contributed by atoms with Crippen molar-refractivity contribution in [3.63, 3.8) is 0 Å². The van der Waals surface area contributed by atoms with Crippen LogP contribution in [-0.2, 0) is 23.1 Å². The first kappa shape index (κ1) is 21.3. The molecule has 0 saturated heterocycles. The molecule has 0 aliphatic heterocycles. The summed E-state index contributed by atoms with van der Waals surface area (Å²) in [6, 6.07) is 19.9. The number of carbonyl (C=O) groups is 1. The second-order valence-corrected chi connectivity index (χ2v) is 8.93. The van der Waals surface area contributed by atoms with E-state index in [2.05, 4.69) is 10.0 Å². The minimum atomic E-state index is -3.77. The molecule has 0 unspecified atom stereocenters. The second-order valence-electron chi connectivity index (χ2n) is 6.29. The van der Waals surface area contributed by atoms with Crippen LogP contribution in [0.25, 0.3) is 0 Å². The topological polar surface area (TPSA) is 75.3 Å². The third-order valence-corrected chi connectivity index (χ3v) is 6.06. The van der Waals surface area contributed by atoms with Crippen molar-refractivity contribution in [3.05, 3.63) is 99.5 Å². The van der Waals surface area contributed by atoms with Crippen molar-refractivity contribution < 1.29 is 13.2 Å². The van der Waals surface area contributed by atoms with Crippen LogP contribution in [0.4, 0.5) is 0 Å². The van der Waals surface area contributed by atoms with E-state index in [0.29, 0.717) is 16.6 Å². The first-order chi connectivity index (χ1) is 13.8. The van der Waals surface area contributed by atoms with Gasteiger partial charge in [0, 0.05) is 28.7 Å². The Hall–Kier alpha value is -2.38. The SMILES string of the molecule is O=C(NCc1ccc(Cl)cc1)c1cccc(S(=O)(=O)NCc2ccc(Cl)cc2)c1. The third-order valence-electron chi connectivity index (χ3n) is 4.15. The van der Waals surface area contributed by atoms with E-state index in [1.807, 2.05) is 12.1 Å².